The molecule has 2 saturated heterocycles. The van der Waals surface area contributed by atoms with Crippen molar-refractivity contribution in [2.45, 2.75) is 38.3 Å². The Bertz CT molecular complexity index is 451. The first-order chi connectivity index (χ1) is 8.86. The van der Waals surface area contributed by atoms with Crippen LogP contribution in [0, 0.1) is 5.92 Å². The van der Waals surface area contributed by atoms with E-state index in [1.165, 1.54) is 4.31 Å². The number of nitrogens with zero attached hydrogens (tertiary/aromatic N) is 2. The highest BCUT2D eigenvalue weighted by Gasteiger charge is 2.42. The minimum atomic E-state index is -3.34. The molecule has 7 heteroatoms. The van der Waals surface area contributed by atoms with E-state index in [0.29, 0.717) is 19.5 Å². The fourth-order valence-electron chi connectivity index (χ4n) is 3.14. The molecule has 0 aromatic rings. The molecule has 2 rings (SSSR count). The Labute approximate surface area is 114 Å². The van der Waals surface area contributed by atoms with Crippen molar-refractivity contribution < 1.29 is 18.3 Å². The molecule has 2 heterocycles. The first-order valence-corrected chi connectivity index (χ1v) is 8.59. The maximum Gasteiger partial charge on any atom is 0.241 e. The highest BCUT2D eigenvalue weighted by atomic mass is 32.2. The molecule has 19 heavy (non-hydrogen) atoms. The van der Waals surface area contributed by atoms with Crippen LogP contribution in [0.5, 0.6) is 0 Å². The third-order valence-electron chi connectivity index (χ3n) is 4.27. The van der Waals surface area contributed by atoms with E-state index in [1.807, 2.05) is 6.92 Å². The number of carbonyl (C=O) groups excluding carboxylic acids is 1. The number of amides is 1. The molecule has 2 aliphatic rings. The van der Waals surface area contributed by atoms with Gasteiger partial charge in [-0.05, 0) is 25.2 Å². The molecule has 1 amide bonds. The molecule has 6 nitrogen and oxygen atoms in total. The van der Waals surface area contributed by atoms with Crippen LogP contribution in [0.25, 0.3) is 0 Å². The zero-order chi connectivity index (χ0) is 14.2. The lowest BCUT2D eigenvalue weighted by Crippen LogP contribution is -2.50. The first kappa shape index (κ1) is 14.7. The number of likely N-dealkylation sites (tertiary alicyclic amines) is 1. The average molecular weight is 290 g/mol. The Morgan fingerprint density at radius 2 is 2.00 bits per heavy atom. The second-order valence-electron chi connectivity index (χ2n) is 5.58. The second-order valence-corrected chi connectivity index (χ2v) is 7.51. The van der Waals surface area contributed by atoms with E-state index < -0.39 is 16.1 Å². The molecule has 2 aliphatic heterocycles. The third-order valence-corrected chi connectivity index (χ3v) is 5.56. The molecule has 2 fully saturated rings. The second kappa shape index (κ2) is 5.38. The highest BCUT2D eigenvalue weighted by Crippen LogP contribution is 2.28. The number of sulfonamides is 1. The van der Waals surface area contributed by atoms with Gasteiger partial charge in [0.1, 0.15) is 6.04 Å². The lowest BCUT2D eigenvalue weighted by atomic mass is 10.0. The van der Waals surface area contributed by atoms with Gasteiger partial charge in [-0.15, -0.1) is 0 Å². The highest BCUT2D eigenvalue weighted by molar-refractivity contribution is 7.88. The van der Waals surface area contributed by atoms with Gasteiger partial charge in [-0.2, -0.15) is 4.31 Å². The predicted molar refractivity (Wildman–Crippen MR) is 70.9 cm³/mol. The van der Waals surface area contributed by atoms with E-state index in [4.69, 9.17) is 0 Å². The average Bonchev–Trinajstić information content (AvgIpc) is 2.93. The summed E-state index contributed by atoms with van der Waals surface area (Å²) in [6.45, 7) is 2.98. The molecule has 0 bridgehead atoms. The van der Waals surface area contributed by atoms with Gasteiger partial charge in [-0.25, -0.2) is 8.42 Å². The van der Waals surface area contributed by atoms with Gasteiger partial charge in [0.2, 0.25) is 15.9 Å². The van der Waals surface area contributed by atoms with Crippen LogP contribution in [0.3, 0.4) is 0 Å². The molecule has 110 valence electrons. The van der Waals surface area contributed by atoms with Crippen molar-refractivity contribution >= 4 is 15.9 Å². The van der Waals surface area contributed by atoms with Crippen molar-refractivity contribution in [3.63, 3.8) is 0 Å². The summed E-state index contributed by atoms with van der Waals surface area (Å²) >= 11 is 0. The van der Waals surface area contributed by atoms with Crippen molar-refractivity contribution in [1.29, 1.82) is 0 Å². The van der Waals surface area contributed by atoms with E-state index in [0.717, 1.165) is 19.1 Å². The summed E-state index contributed by atoms with van der Waals surface area (Å²) in [7, 11) is -3.34. The molecule has 0 radical (unpaired) electrons. The molecule has 0 aliphatic carbocycles. The van der Waals surface area contributed by atoms with Gasteiger partial charge in [-0.1, -0.05) is 6.92 Å². The van der Waals surface area contributed by atoms with E-state index in [2.05, 4.69) is 0 Å². The van der Waals surface area contributed by atoms with E-state index in [-0.39, 0.29) is 24.5 Å². The maximum atomic E-state index is 12.5. The van der Waals surface area contributed by atoms with Crippen LogP contribution in [0.1, 0.15) is 26.2 Å². The van der Waals surface area contributed by atoms with Gasteiger partial charge >= 0.3 is 0 Å². The molecule has 0 aromatic heterocycles. The van der Waals surface area contributed by atoms with Crippen molar-refractivity contribution in [3.05, 3.63) is 0 Å². The van der Waals surface area contributed by atoms with Crippen LogP contribution in [-0.4, -0.2) is 66.7 Å². The number of aliphatic hydroxyl groups is 1. The minimum absolute atomic E-state index is 0.0570. The zero-order valence-corrected chi connectivity index (χ0v) is 12.3. The van der Waals surface area contributed by atoms with Gasteiger partial charge in [-0.3, -0.25) is 4.79 Å². The Balaban J connectivity index is 2.15. The standard InChI is InChI=1S/C12H22N2O4S/c1-9-5-7-13(11(9)8-15)12(16)10-4-3-6-14(10)19(2,17)18/h9-11,15H,3-8H2,1-2H3. The number of hydrogen-bond acceptors (Lipinski definition) is 4. The molecule has 1 N–H and O–H groups in total. The summed E-state index contributed by atoms with van der Waals surface area (Å²) in [6, 6.07) is -0.746. The largest absolute Gasteiger partial charge is 0.394 e. The number of rotatable bonds is 3. The molecule has 0 spiro atoms. The van der Waals surface area contributed by atoms with E-state index in [9.17, 15) is 18.3 Å². The van der Waals surface area contributed by atoms with Crippen LogP contribution in [-0.2, 0) is 14.8 Å². The summed E-state index contributed by atoms with van der Waals surface area (Å²) in [5, 5.41) is 9.40. The third kappa shape index (κ3) is 2.78. The Morgan fingerprint density at radius 3 is 2.58 bits per heavy atom. The summed E-state index contributed by atoms with van der Waals surface area (Å²) in [6.07, 6.45) is 3.31. The van der Waals surface area contributed by atoms with Crippen LogP contribution in [0.15, 0.2) is 0 Å². The Morgan fingerprint density at radius 1 is 1.32 bits per heavy atom. The maximum absolute atomic E-state index is 12.5. The fraction of sp³-hybridized carbons (Fsp3) is 0.917. The van der Waals surface area contributed by atoms with E-state index in [1.54, 1.807) is 4.90 Å². The Kier molecular flexibility index (Phi) is 4.17. The summed E-state index contributed by atoms with van der Waals surface area (Å²) in [5.74, 6) is 0.119. The fourth-order valence-corrected chi connectivity index (χ4v) is 4.25. The smallest absolute Gasteiger partial charge is 0.241 e. The summed E-state index contributed by atoms with van der Waals surface area (Å²) < 4.78 is 24.7. The van der Waals surface area contributed by atoms with Crippen LogP contribution < -0.4 is 0 Å². The Hall–Kier alpha value is -0.660. The quantitative estimate of drug-likeness (QED) is 0.770. The van der Waals surface area contributed by atoms with Gasteiger partial charge in [0.15, 0.2) is 0 Å². The van der Waals surface area contributed by atoms with E-state index >= 15 is 0 Å². The lowest BCUT2D eigenvalue weighted by Gasteiger charge is -2.30. The van der Waals surface area contributed by atoms with Gasteiger partial charge < -0.3 is 10.0 Å². The van der Waals surface area contributed by atoms with Crippen molar-refractivity contribution in [2.24, 2.45) is 5.92 Å². The minimum Gasteiger partial charge on any atom is -0.394 e. The van der Waals surface area contributed by atoms with Crippen molar-refractivity contribution in [1.82, 2.24) is 9.21 Å². The molecular weight excluding hydrogens is 268 g/mol. The topological polar surface area (TPSA) is 77.9 Å². The van der Waals surface area contributed by atoms with Gasteiger partial charge in [0, 0.05) is 13.1 Å². The summed E-state index contributed by atoms with van der Waals surface area (Å²) in [5.41, 5.74) is 0. The van der Waals surface area contributed by atoms with Crippen molar-refractivity contribution in [3.8, 4) is 0 Å². The SMILES string of the molecule is CC1CCN(C(=O)C2CCCN2S(C)(=O)=O)C1CO. The lowest BCUT2D eigenvalue weighted by molar-refractivity contribution is -0.136. The molecular formula is C12H22N2O4S. The summed E-state index contributed by atoms with van der Waals surface area (Å²) in [4.78, 5) is 14.2. The van der Waals surface area contributed by atoms with Gasteiger partial charge in [0.25, 0.3) is 0 Å². The van der Waals surface area contributed by atoms with Crippen molar-refractivity contribution in [2.75, 3.05) is 26.0 Å². The molecule has 0 aromatic carbocycles. The number of hydrogen-bond donors (Lipinski definition) is 1. The molecule has 0 saturated carbocycles. The predicted octanol–water partition coefficient (Wildman–Crippen LogP) is -0.360. The first-order valence-electron chi connectivity index (χ1n) is 6.74. The van der Waals surface area contributed by atoms with Crippen LogP contribution in [0.2, 0.25) is 0 Å². The van der Waals surface area contributed by atoms with Crippen LogP contribution >= 0.6 is 0 Å². The van der Waals surface area contributed by atoms with Gasteiger partial charge in [0.05, 0.1) is 18.9 Å². The zero-order valence-electron chi connectivity index (χ0n) is 11.4. The number of aliphatic hydroxyl groups excluding tert-OH is 1. The number of carbonyl (C=O) groups is 1. The monoisotopic (exact) mass is 290 g/mol. The normalized spacial score (nSPS) is 33.0. The van der Waals surface area contributed by atoms with Crippen LogP contribution in [0.4, 0.5) is 0 Å². The molecule has 3 unspecified atom stereocenters. The molecule has 3 atom stereocenters.